The van der Waals surface area contributed by atoms with Gasteiger partial charge in [-0.3, -0.25) is 4.21 Å². The molecule has 0 saturated heterocycles. The Morgan fingerprint density at radius 2 is 2.30 bits per heavy atom. The number of anilines is 1. The molecule has 3 atom stereocenters. The third kappa shape index (κ3) is 3.57. The highest BCUT2D eigenvalue weighted by atomic mass is 32.2. The zero-order valence-corrected chi connectivity index (χ0v) is 12.4. The summed E-state index contributed by atoms with van der Waals surface area (Å²) in [6.45, 7) is 1.95. The van der Waals surface area contributed by atoms with Gasteiger partial charge in [-0.2, -0.15) is 5.26 Å². The van der Waals surface area contributed by atoms with Crippen LogP contribution in [0.5, 0.6) is 0 Å². The van der Waals surface area contributed by atoms with E-state index in [9.17, 15) is 8.60 Å². The molecule has 0 heterocycles. The molecule has 2 rings (SSSR count). The van der Waals surface area contributed by atoms with Gasteiger partial charge >= 0.3 is 0 Å². The van der Waals surface area contributed by atoms with Crippen molar-refractivity contribution in [2.24, 2.45) is 0 Å². The highest BCUT2D eigenvalue weighted by Gasteiger charge is 2.25. The smallest absolute Gasteiger partial charge is 0.124 e. The fourth-order valence-corrected chi connectivity index (χ4v) is 4.05. The number of halogens is 1. The summed E-state index contributed by atoms with van der Waals surface area (Å²) in [7, 11) is -0.768. The minimum absolute atomic E-state index is 0.210. The van der Waals surface area contributed by atoms with Crippen LogP contribution in [0.1, 0.15) is 38.2 Å². The van der Waals surface area contributed by atoms with Crippen LogP contribution < -0.4 is 5.32 Å². The first-order valence-electron chi connectivity index (χ1n) is 6.97. The highest BCUT2D eigenvalue weighted by Crippen LogP contribution is 2.27. The highest BCUT2D eigenvalue weighted by molar-refractivity contribution is 7.85. The molecule has 1 aromatic carbocycles. The van der Waals surface area contributed by atoms with Crippen LogP contribution >= 0.6 is 0 Å². The van der Waals surface area contributed by atoms with Gasteiger partial charge in [0.1, 0.15) is 11.9 Å². The molecule has 0 radical (unpaired) electrons. The topological polar surface area (TPSA) is 52.9 Å². The zero-order valence-electron chi connectivity index (χ0n) is 11.6. The monoisotopic (exact) mass is 294 g/mol. The van der Waals surface area contributed by atoms with E-state index in [4.69, 9.17) is 5.26 Å². The summed E-state index contributed by atoms with van der Waals surface area (Å²) in [5, 5.41) is 12.6. The van der Waals surface area contributed by atoms with Crippen LogP contribution in [0.25, 0.3) is 0 Å². The van der Waals surface area contributed by atoms with Crippen LogP contribution in [0.3, 0.4) is 0 Å². The van der Waals surface area contributed by atoms with E-state index in [1.165, 1.54) is 12.1 Å². The number of nitriles is 1. The second kappa shape index (κ2) is 6.85. The molecule has 1 aliphatic carbocycles. The maximum Gasteiger partial charge on any atom is 0.124 e. The second-order valence-corrected chi connectivity index (χ2v) is 7.11. The fourth-order valence-electron chi connectivity index (χ4n) is 2.71. The van der Waals surface area contributed by atoms with Crippen molar-refractivity contribution < 1.29 is 8.60 Å². The first kappa shape index (κ1) is 15.0. The Labute approximate surface area is 121 Å². The summed E-state index contributed by atoms with van der Waals surface area (Å²) in [5.41, 5.74) is 0.991. The Morgan fingerprint density at radius 1 is 1.50 bits per heavy atom. The third-order valence-corrected chi connectivity index (χ3v) is 5.48. The van der Waals surface area contributed by atoms with Crippen LogP contribution in [-0.2, 0) is 10.8 Å². The summed E-state index contributed by atoms with van der Waals surface area (Å²) < 4.78 is 25.0. The maximum absolute atomic E-state index is 13.1. The minimum atomic E-state index is -0.768. The Morgan fingerprint density at radius 3 is 3.00 bits per heavy atom. The van der Waals surface area contributed by atoms with Crippen LogP contribution in [-0.4, -0.2) is 21.3 Å². The lowest BCUT2D eigenvalue weighted by Gasteiger charge is -2.30. The quantitative estimate of drug-likeness (QED) is 0.928. The van der Waals surface area contributed by atoms with Crippen molar-refractivity contribution in [3.8, 4) is 6.07 Å². The molecule has 0 bridgehead atoms. The molecule has 0 spiro atoms. The van der Waals surface area contributed by atoms with E-state index in [2.05, 4.69) is 5.32 Å². The lowest BCUT2D eigenvalue weighted by Crippen LogP contribution is -2.33. The van der Waals surface area contributed by atoms with E-state index in [0.717, 1.165) is 25.7 Å². The summed E-state index contributed by atoms with van der Waals surface area (Å²) >= 11 is 0. The molecule has 1 aliphatic rings. The molecule has 3 nitrogen and oxygen atoms in total. The standard InChI is InChI=1S/C15H19FN2OS/c1-2-20(19)14-5-3-4-13(9-14)18-15-7-6-12(16)8-11(15)10-17/h6-8,13-14,18H,2-5,9H2,1H3. The number of nitrogens with one attached hydrogen (secondary N) is 1. The van der Waals surface area contributed by atoms with E-state index >= 15 is 0 Å². The largest absolute Gasteiger partial charge is 0.381 e. The summed E-state index contributed by atoms with van der Waals surface area (Å²) in [6, 6.07) is 6.42. The molecular formula is C15H19FN2OS. The third-order valence-electron chi connectivity index (χ3n) is 3.74. The number of rotatable bonds is 4. The summed E-state index contributed by atoms with van der Waals surface area (Å²) in [6.07, 6.45) is 3.90. The maximum atomic E-state index is 13.1. The van der Waals surface area contributed by atoms with Crippen molar-refractivity contribution in [1.82, 2.24) is 0 Å². The predicted octanol–water partition coefficient (Wildman–Crippen LogP) is 3.19. The number of hydrogen-bond acceptors (Lipinski definition) is 3. The number of benzene rings is 1. The fraction of sp³-hybridized carbons (Fsp3) is 0.533. The Kier molecular flexibility index (Phi) is 5.13. The number of nitrogens with zero attached hydrogens (tertiary/aromatic N) is 1. The van der Waals surface area contributed by atoms with E-state index < -0.39 is 16.6 Å². The summed E-state index contributed by atoms with van der Waals surface area (Å²) in [4.78, 5) is 0. The lowest BCUT2D eigenvalue weighted by atomic mass is 9.94. The van der Waals surface area contributed by atoms with Gasteiger partial charge in [-0.25, -0.2) is 4.39 Å². The van der Waals surface area contributed by atoms with Gasteiger partial charge in [-0.1, -0.05) is 13.3 Å². The van der Waals surface area contributed by atoms with E-state index in [1.54, 1.807) is 6.07 Å². The van der Waals surface area contributed by atoms with Crippen molar-refractivity contribution in [1.29, 1.82) is 5.26 Å². The molecule has 108 valence electrons. The Balaban J connectivity index is 2.07. The molecule has 1 aromatic rings. The van der Waals surface area contributed by atoms with Crippen LogP contribution in [0.15, 0.2) is 18.2 Å². The lowest BCUT2D eigenvalue weighted by molar-refractivity contribution is 0.465. The van der Waals surface area contributed by atoms with Gasteiger partial charge in [0, 0.05) is 27.8 Å². The molecule has 0 aliphatic heterocycles. The first-order chi connectivity index (χ1) is 9.63. The minimum Gasteiger partial charge on any atom is -0.381 e. The van der Waals surface area contributed by atoms with Gasteiger partial charge < -0.3 is 5.32 Å². The predicted molar refractivity (Wildman–Crippen MR) is 79.5 cm³/mol. The first-order valence-corrected chi connectivity index (χ1v) is 8.35. The van der Waals surface area contributed by atoms with Gasteiger partial charge in [0.05, 0.1) is 11.3 Å². The Hall–Kier alpha value is -1.41. The number of hydrogen-bond donors (Lipinski definition) is 1. The normalized spacial score (nSPS) is 23.9. The van der Waals surface area contributed by atoms with Gasteiger partial charge in [0.25, 0.3) is 0 Å². The van der Waals surface area contributed by atoms with Crippen LogP contribution in [0, 0.1) is 17.1 Å². The Bertz CT molecular complexity index is 541. The van der Waals surface area contributed by atoms with Crippen molar-refractivity contribution >= 4 is 16.5 Å². The average molecular weight is 294 g/mol. The summed E-state index contributed by atoms with van der Waals surface area (Å²) in [5.74, 6) is 0.290. The second-order valence-electron chi connectivity index (χ2n) is 5.10. The molecule has 20 heavy (non-hydrogen) atoms. The van der Waals surface area contributed by atoms with Gasteiger partial charge in [0.2, 0.25) is 0 Å². The van der Waals surface area contributed by atoms with Crippen LogP contribution in [0.2, 0.25) is 0 Å². The van der Waals surface area contributed by atoms with E-state index in [1.807, 2.05) is 13.0 Å². The molecule has 5 heteroatoms. The van der Waals surface area contributed by atoms with E-state index in [-0.39, 0.29) is 11.3 Å². The van der Waals surface area contributed by atoms with Gasteiger partial charge in [-0.15, -0.1) is 0 Å². The van der Waals surface area contributed by atoms with Gasteiger partial charge in [0.15, 0.2) is 0 Å². The van der Waals surface area contributed by atoms with Crippen molar-refractivity contribution in [3.05, 3.63) is 29.6 Å². The van der Waals surface area contributed by atoms with Gasteiger partial charge in [-0.05, 0) is 37.5 Å². The molecular weight excluding hydrogens is 275 g/mol. The molecule has 1 N–H and O–H groups in total. The molecule has 1 saturated carbocycles. The zero-order chi connectivity index (χ0) is 14.5. The molecule has 0 amide bonds. The van der Waals surface area contributed by atoms with Crippen molar-refractivity contribution in [2.75, 3.05) is 11.1 Å². The van der Waals surface area contributed by atoms with E-state index in [0.29, 0.717) is 17.0 Å². The SMILES string of the molecule is CCS(=O)C1CCCC(Nc2ccc(F)cc2C#N)C1. The molecule has 3 unspecified atom stereocenters. The van der Waals surface area contributed by atoms with Crippen molar-refractivity contribution in [2.45, 2.75) is 43.9 Å². The molecule has 1 fully saturated rings. The van der Waals surface area contributed by atoms with Crippen LogP contribution in [0.4, 0.5) is 10.1 Å². The molecule has 0 aromatic heterocycles. The average Bonchev–Trinajstić information content (AvgIpc) is 2.48. The van der Waals surface area contributed by atoms with Crippen molar-refractivity contribution in [3.63, 3.8) is 0 Å².